The van der Waals surface area contributed by atoms with Crippen LogP contribution in [0.4, 0.5) is 62.6 Å². The van der Waals surface area contributed by atoms with Gasteiger partial charge in [0.25, 0.3) is 0 Å². The summed E-state index contributed by atoms with van der Waals surface area (Å²) in [6, 6.07) is 107. The van der Waals surface area contributed by atoms with Gasteiger partial charge in [0, 0.05) is 62.6 Å². The molecule has 0 radical (unpaired) electrons. The van der Waals surface area contributed by atoms with Crippen LogP contribution in [0.3, 0.4) is 0 Å². The lowest BCUT2D eigenvalue weighted by Crippen LogP contribution is -2.30. The summed E-state index contributed by atoms with van der Waals surface area (Å²) in [5.41, 5.74) is 17.7. The maximum atomic E-state index is 3.88. The summed E-state index contributed by atoms with van der Waals surface area (Å²) >= 11 is 0. The first-order chi connectivity index (χ1) is 35.2. The first-order valence-corrected chi connectivity index (χ1v) is 24.3. The van der Waals surface area contributed by atoms with Gasteiger partial charge < -0.3 is 20.0 Å². The number of nitrogens with one attached hydrogen (secondary N) is 1. The van der Waals surface area contributed by atoms with E-state index in [1.165, 1.54) is 22.3 Å². The molecule has 0 saturated heterocycles. The predicted octanol–water partition coefficient (Wildman–Crippen LogP) is 18.2. The molecule has 4 heteroatoms. The van der Waals surface area contributed by atoms with Crippen LogP contribution in [0.5, 0.6) is 0 Å². The minimum absolute atomic E-state index is 0.835. The second-order valence-corrected chi connectivity index (χ2v) is 17.9. The molecule has 338 valence electrons. The van der Waals surface area contributed by atoms with Gasteiger partial charge in [-0.15, -0.1) is 0 Å². The molecular weight excluding hydrogens is 861 g/mol. The van der Waals surface area contributed by atoms with Crippen molar-refractivity contribution in [3.63, 3.8) is 0 Å². The maximum absolute atomic E-state index is 3.88. The third-order valence-electron chi connectivity index (χ3n) is 13.6. The van der Waals surface area contributed by atoms with E-state index < -0.39 is 5.41 Å². The van der Waals surface area contributed by atoms with Gasteiger partial charge in [0.05, 0.1) is 5.41 Å². The van der Waals surface area contributed by atoms with Gasteiger partial charge in [0.1, 0.15) is 0 Å². The fourth-order valence-corrected chi connectivity index (χ4v) is 10.6. The van der Waals surface area contributed by atoms with Crippen LogP contribution < -0.4 is 20.0 Å². The van der Waals surface area contributed by atoms with Crippen molar-refractivity contribution < 1.29 is 0 Å². The Bertz CT molecular complexity index is 3290. The third kappa shape index (κ3) is 8.07. The standard InChI is InChI=1S/C67H50N4/c1-8-26-52(27-9-1)68-53-44-50(45-60(48-53)69(54-28-10-2-11-29-54)55-30-12-3-13-31-55)67(65-42-24-22-40-63(65)64-41-23-25-43-66(64)67)51-46-61(70(56-32-14-4-15-33-56)57-34-16-5-17-35-57)49-62(47-51)71(58-36-18-6-19-37-58)59-38-20-7-21-39-59/h1-49,68H. The number of fused-ring (bicyclic) bond motifs is 3. The van der Waals surface area contributed by atoms with Crippen molar-refractivity contribution in [2.75, 3.05) is 20.0 Å². The van der Waals surface area contributed by atoms with E-state index in [1.807, 2.05) is 0 Å². The van der Waals surface area contributed by atoms with Crippen LogP contribution in [-0.2, 0) is 5.41 Å². The number of rotatable bonds is 13. The van der Waals surface area contributed by atoms with Crippen molar-refractivity contribution >= 4 is 62.6 Å². The van der Waals surface area contributed by atoms with E-state index in [2.05, 4.69) is 317 Å². The van der Waals surface area contributed by atoms with Gasteiger partial charge in [-0.25, -0.2) is 0 Å². The number of hydrogen-bond acceptors (Lipinski definition) is 4. The largest absolute Gasteiger partial charge is 0.355 e. The lowest BCUT2D eigenvalue weighted by atomic mass is 9.67. The Morgan fingerprint density at radius 3 is 0.859 bits per heavy atom. The van der Waals surface area contributed by atoms with Crippen molar-refractivity contribution in [3.8, 4) is 11.1 Å². The third-order valence-corrected chi connectivity index (χ3v) is 13.6. The molecule has 4 nitrogen and oxygen atoms in total. The van der Waals surface area contributed by atoms with Gasteiger partial charge in [-0.3, -0.25) is 0 Å². The van der Waals surface area contributed by atoms with Crippen molar-refractivity contribution in [3.05, 3.63) is 320 Å². The molecule has 0 heterocycles. The Morgan fingerprint density at radius 1 is 0.225 bits per heavy atom. The average molecular weight is 911 g/mol. The molecule has 1 aliphatic rings. The highest BCUT2D eigenvalue weighted by Gasteiger charge is 2.47. The zero-order valence-electron chi connectivity index (χ0n) is 39.1. The lowest BCUT2D eigenvalue weighted by molar-refractivity contribution is 0.768. The molecule has 0 bridgehead atoms. The Kier molecular flexibility index (Phi) is 11.5. The van der Waals surface area contributed by atoms with Crippen LogP contribution in [0.1, 0.15) is 22.3 Å². The molecule has 0 unspecified atom stereocenters. The first kappa shape index (κ1) is 42.9. The normalized spacial score (nSPS) is 12.1. The molecular formula is C67H50N4. The Labute approximate surface area is 416 Å². The van der Waals surface area contributed by atoms with Gasteiger partial charge in [0.2, 0.25) is 0 Å². The molecule has 1 N–H and O–H groups in total. The fraction of sp³-hybridized carbons (Fsp3) is 0.0149. The second kappa shape index (κ2) is 19.0. The summed E-state index contributed by atoms with van der Waals surface area (Å²) in [5, 5.41) is 3.88. The minimum atomic E-state index is -0.835. The Hall–Kier alpha value is -9.38. The van der Waals surface area contributed by atoms with Gasteiger partial charge in [0.15, 0.2) is 0 Å². The van der Waals surface area contributed by atoms with Gasteiger partial charge in [-0.2, -0.15) is 0 Å². The van der Waals surface area contributed by atoms with Crippen LogP contribution in [0.25, 0.3) is 11.1 Å². The minimum Gasteiger partial charge on any atom is -0.355 e. The molecule has 12 rings (SSSR count). The smallest absolute Gasteiger partial charge is 0.0716 e. The van der Waals surface area contributed by atoms with Crippen LogP contribution in [0.2, 0.25) is 0 Å². The SMILES string of the molecule is c1ccc(Nc2cc(N(c3ccccc3)c3ccccc3)cc(C3(c4cc(N(c5ccccc5)c5ccccc5)cc(N(c5ccccc5)c5ccccc5)c4)c4ccccc4-c4ccccc43)c2)cc1. The monoisotopic (exact) mass is 910 g/mol. The van der Waals surface area contributed by atoms with Gasteiger partial charge >= 0.3 is 0 Å². The summed E-state index contributed by atoms with van der Waals surface area (Å²) in [6.07, 6.45) is 0. The molecule has 11 aromatic carbocycles. The number of nitrogens with zero attached hydrogens (tertiary/aromatic N) is 3. The van der Waals surface area contributed by atoms with E-state index in [9.17, 15) is 0 Å². The topological polar surface area (TPSA) is 21.8 Å². The van der Waals surface area contributed by atoms with E-state index >= 15 is 0 Å². The highest BCUT2D eigenvalue weighted by Crippen LogP contribution is 2.59. The van der Waals surface area contributed by atoms with Crippen LogP contribution >= 0.6 is 0 Å². The molecule has 0 atom stereocenters. The van der Waals surface area contributed by atoms with E-state index in [-0.39, 0.29) is 0 Å². The molecule has 11 aromatic rings. The van der Waals surface area contributed by atoms with Gasteiger partial charge in [-0.1, -0.05) is 176 Å². The molecule has 0 aromatic heterocycles. The van der Waals surface area contributed by atoms with E-state index in [1.54, 1.807) is 0 Å². The summed E-state index contributed by atoms with van der Waals surface area (Å²) < 4.78 is 0. The quantitative estimate of drug-likeness (QED) is 0.124. The van der Waals surface area contributed by atoms with Crippen molar-refractivity contribution in [1.82, 2.24) is 0 Å². The Morgan fingerprint density at radius 2 is 0.507 bits per heavy atom. The summed E-state index contributed by atoms with van der Waals surface area (Å²) in [6.45, 7) is 0. The van der Waals surface area contributed by atoms with Gasteiger partial charge in [-0.05, 0) is 155 Å². The summed E-state index contributed by atoms with van der Waals surface area (Å²) in [7, 11) is 0. The molecule has 71 heavy (non-hydrogen) atoms. The fourth-order valence-electron chi connectivity index (χ4n) is 10.6. The van der Waals surface area contributed by atoms with Crippen LogP contribution in [-0.4, -0.2) is 0 Å². The maximum Gasteiger partial charge on any atom is 0.0716 e. The zero-order chi connectivity index (χ0) is 47.4. The second-order valence-electron chi connectivity index (χ2n) is 17.9. The van der Waals surface area contributed by atoms with E-state index in [0.29, 0.717) is 0 Å². The Balaban J connectivity index is 1.22. The number of para-hydroxylation sites is 7. The molecule has 0 spiro atoms. The molecule has 0 aliphatic heterocycles. The predicted molar refractivity (Wildman–Crippen MR) is 298 cm³/mol. The number of anilines is 11. The van der Waals surface area contributed by atoms with Crippen molar-refractivity contribution in [1.29, 1.82) is 0 Å². The number of benzene rings is 11. The summed E-state index contributed by atoms with van der Waals surface area (Å²) in [4.78, 5) is 7.17. The molecule has 0 saturated carbocycles. The molecule has 0 fully saturated rings. The van der Waals surface area contributed by atoms with Crippen LogP contribution in [0, 0.1) is 0 Å². The highest BCUT2D eigenvalue weighted by molar-refractivity contribution is 5.91. The average Bonchev–Trinajstić information content (AvgIpc) is 3.75. The van der Waals surface area contributed by atoms with Crippen LogP contribution in [0.15, 0.2) is 297 Å². The number of hydrogen-bond donors (Lipinski definition) is 1. The highest BCUT2D eigenvalue weighted by atomic mass is 15.2. The molecule has 1 aliphatic carbocycles. The van der Waals surface area contributed by atoms with E-state index in [0.717, 1.165) is 73.7 Å². The zero-order valence-corrected chi connectivity index (χ0v) is 39.1. The van der Waals surface area contributed by atoms with Crippen molar-refractivity contribution in [2.24, 2.45) is 0 Å². The first-order valence-electron chi connectivity index (χ1n) is 24.3. The lowest BCUT2D eigenvalue weighted by Gasteiger charge is -2.38. The van der Waals surface area contributed by atoms with E-state index in [4.69, 9.17) is 0 Å². The van der Waals surface area contributed by atoms with Crippen molar-refractivity contribution in [2.45, 2.75) is 5.41 Å². The molecule has 0 amide bonds. The summed E-state index contributed by atoms with van der Waals surface area (Å²) in [5.74, 6) is 0.